The minimum atomic E-state index is -0.171. The summed E-state index contributed by atoms with van der Waals surface area (Å²) in [5.41, 5.74) is 2.73. The third-order valence-electron chi connectivity index (χ3n) is 3.69. The normalized spacial score (nSPS) is 16.7. The monoisotopic (exact) mass is 263 g/mol. The summed E-state index contributed by atoms with van der Waals surface area (Å²) >= 11 is 0. The number of ether oxygens (including phenoxy) is 2. The van der Waals surface area contributed by atoms with E-state index >= 15 is 0 Å². The van der Waals surface area contributed by atoms with Crippen molar-refractivity contribution in [3.63, 3.8) is 0 Å². The fraction of sp³-hybridized carbons (Fsp3) is 0.533. The van der Waals surface area contributed by atoms with Crippen LogP contribution in [0, 0.1) is 0 Å². The van der Waals surface area contributed by atoms with Crippen LogP contribution in [0.25, 0.3) is 0 Å². The van der Waals surface area contributed by atoms with Crippen LogP contribution in [0.15, 0.2) is 23.4 Å². The van der Waals surface area contributed by atoms with Gasteiger partial charge in [0.05, 0.1) is 17.9 Å². The molecule has 1 aromatic rings. The van der Waals surface area contributed by atoms with Gasteiger partial charge in [0.15, 0.2) is 0 Å². The second-order valence-electron chi connectivity index (χ2n) is 5.39. The number of fused-ring (bicyclic) bond motifs is 1. The number of oxime groups is 1. The number of benzene rings is 1. The van der Waals surface area contributed by atoms with Gasteiger partial charge in [-0.25, -0.2) is 0 Å². The lowest BCUT2D eigenvalue weighted by Gasteiger charge is -2.23. The molecule has 0 bridgehead atoms. The summed E-state index contributed by atoms with van der Waals surface area (Å²) in [6.07, 6.45) is 2.47. The number of methoxy groups -OCH3 is 1. The van der Waals surface area contributed by atoms with Crippen molar-refractivity contribution in [3.8, 4) is 5.75 Å². The molecule has 1 N–H and O–H groups in total. The molecule has 104 valence electrons. The Balaban J connectivity index is 2.05. The fourth-order valence-corrected chi connectivity index (χ4v) is 2.22. The highest BCUT2D eigenvalue weighted by Gasteiger charge is 2.22. The van der Waals surface area contributed by atoms with Crippen molar-refractivity contribution < 1.29 is 14.7 Å². The predicted octanol–water partition coefficient (Wildman–Crippen LogP) is 3.01. The Morgan fingerprint density at radius 1 is 1.32 bits per heavy atom. The summed E-state index contributed by atoms with van der Waals surface area (Å²) in [5.74, 6) is 0.892. The van der Waals surface area contributed by atoms with Crippen LogP contribution in [-0.4, -0.2) is 30.2 Å². The van der Waals surface area contributed by atoms with E-state index in [1.165, 1.54) is 0 Å². The molecule has 0 aliphatic heterocycles. The number of nitrogens with zero attached hydrogens (tertiary/aromatic N) is 1. The van der Waals surface area contributed by atoms with Crippen molar-refractivity contribution in [1.29, 1.82) is 0 Å². The molecule has 0 amide bonds. The fourth-order valence-electron chi connectivity index (χ4n) is 2.22. The Hall–Kier alpha value is -1.55. The molecule has 0 saturated heterocycles. The molecule has 0 saturated carbocycles. The zero-order valence-corrected chi connectivity index (χ0v) is 11.8. The van der Waals surface area contributed by atoms with Crippen LogP contribution in [0.1, 0.15) is 37.8 Å². The average Bonchev–Trinajstić information content (AvgIpc) is 2.82. The van der Waals surface area contributed by atoms with E-state index < -0.39 is 0 Å². The maximum atomic E-state index is 8.95. The summed E-state index contributed by atoms with van der Waals surface area (Å²) in [6.45, 7) is 4.70. The SMILES string of the molecule is COC(C)(C)CCOc1cccc2c1CC/C2=N\O. The maximum absolute atomic E-state index is 8.95. The molecule has 4 heteroatoms. The number of hydrogen-bond donors (Lipinski definition) is 1. The van der Waals surface area contributed by atoms with Crippen molar-refractivity contribution in [2.75, 3.05) is 13.7 Å². The smallest absolute Gasteiger partial charge is 0.123 e. The van der Waals surface area contributed by atoms with Gasteiger partial charge in [-0.05, 0) is 32.8 Å². The minimum Gasteiger partial charge on any atom is -0.493 e. The van der Waals surface area contributed by atoms with E-state index in [0.717, 1.165) is 41.9 Å². The van der Waals surface area contributed by atoms with Gasteiger partial charge in [0.25, 0.3) is 0 Å². The van der Waals surface area contributed by atoms with E-state index in [1.807, 2.05) is 32.0 Å². The lowest BCUT2D eigenvalue weighted by molar-refractivity contribution is 0.00538. The molecule has 0 atom stereocenters. The van der Waals surface area contributed by atoms with E-state index in [-0.39, 0.29) is 5.60 Å². The summed E-state index contributed by atoms with van der Waals surface area (Å²) in [6, 6.07) is 5.88. The summed E-state index contributed by atoms with van der Waals surface area (Å²) in [5, 5.41) is 12.3. The summed E-state index contributed by atoms with van der Waals surface area (Å²) in [7, 11) is 1.71. The molecule has 0 spiro atoms. The molecule has 4 nitrogen and oxygen atoms in total. The van der Waals surface area contributed by atoms with Gasteiger partial charge >= 0.3 is 0 Å². The first-order chi connectivity index (χ1) is 9.07. The molecular weight excluding hydrogens is 242 g/mol. The van der Waals surface area contributed by atoms with Crippen LogP contribution in [0.3, 0.4) is 0 Å². The molecule has 0 unspecified atom stereocenters. The Bertz CT molecular complexity index is 480. The summed E-state index contributed by atoms with van der Waals surface area (Å²) < 4.78 is 11.2. The average molecular weight is 263 g/mol. The molecule has 0 aromatic heterocycles. The van der Waals surface area contributed by atoms with E-state index in [4.69, 9.17) is 14.7 Å². The van der Waals surface area contributed by atoms with E-state index in [0.29, 0.717) is 6.61 Å². The standard InChI is InChI=1S/C15H21NO3/c1-15(2,18-3)9-10-19-14-6-4-5-11-12(14)7-8-13(11)16-17/h4-6,17H,7-10H2,1-3H3/b16-13+. The summed E-state index contributed by atoms with van der Waals surface area (Å²) in [4.78, 5) is 0. The van der Waals surface area contributed by atoms with Gasteiger partial charge in [-0.2, -0.15) is 0 Å². The second-order valence-corrected chi connectivity index (χ2v) is 5.39. The topological polar surface area (TPSA) is 51.0 Å². The largest absolute Gasteiger partial charge is 0.493 e. The van der Waals surface area contributed by atoms with Crippen molar-refractivity contribution >= 4 is 5.71 Å². The molecule has 1 aromatic carbocycles. The first-order valence-electron chi connectivity index (χ1n) is 6.58. The highest BCUT2D eigenvalue weighted by atomic mass is 16.5. The lowest BCUT2D eigenvalue weighted by atomic mass is 10.1. The number of rotatable bonds is 5. The lowest BCUT2D eigenvalue weighted by Crippen LogP contribution is -2.25. The van der Waals surface area contributed by atoms with Gasteiger partial charge in [0.2, 0.25) is 0 Å². The minimum absolute atomic E-state index is 0.171. The Labute approximate surface area is 114 Å². The molecule has 0 fully saturated rings. The molecule has 2 rings (SSSR count). The highest BCUT2D eigenvalue weighted by molar-refractivity contribution is 6.04. The molecule has 0 heterocycles. The maximum Gasteiger partial charge on any atom is 0.123 e. The van der Waals surface area contributed by atoms with E-state index in [1.54, 1.807) is 7.11 Å². The molecule has 1 aliphatic carbocycles. The van der Waals surface area contributed by atoms with Crippen LogP contribution in [0.5, 0.6) is 5.75 Å². The van der Waals surface area contributed by atoms with E-state index in [2.05, 4.69) is 5.16 Å². The second kappa shape index (κ2) is 5.61. The third-order valence-corrected chi connectivity index (χ3v) is 3.69. The van der Waals surface area contributed by atoms with Gasteiger partial charge in [-0.3, -0.25) is 0 Å². The van der Waals surface area contributed by atoms with Crippen LogP contribution < -0.4 is 4.74 Å². The predicted molar refractivity (Wildman–Crippen MR) is 74.3 cm³/mol. The third kappa shape index (κ3) is 3.07. The van der Waals surface area contributed by atoms with Crippen molar-refractivity contribution in [3.05, 3.63) is 29.3 Å². The molecular formula is C15H21NO3. The number of hydrogen-bond acceptors (Lipinski definition) is 4. The first kappa shape index (κ1) is 13.9. The van der Waals surface area contributed by atoms with Gasteiger partial charge < -0.3 is 14.7 Å². The van der Waals surface area contributed by atoms with Gasteiger partial charge in [-0.1, -0.05) is 17.3 Å². The molecule has 1 aliphatic rings. The van der Waals surface area contributed by atoms with Gasteiger partial charge in [-0.15, -0.1) is 0 Å². The van der Waals surface area contributed by atoms with E-state index in [9.17, 15) is 0 Å². The molecule has 0 radical (unpaired) electrons. The zero-order valence-electron chi connectivity index (χ0n) is 11.8. The highest BCUT2D eigenvalue weighted by Crippen LogP contribution is 2.31. The zero-order chi connectivity index (χ0) is 13.9. The van der Waals surface area contributed by atoms with Crippen LogP contribution >= 0.6 is 0 Å². The van der Waals surface area contributed by atoms with Gasteiger partial charge in [0.1, 0.15) is 5.75 Å². The first-order valence-corrected chi connectivity index (χ1v) is 6.58. The molecule has 19 heavy (non-hydrogen) atoms. The van der Waals surface area contributed by atoms with Crippen molar-refractivity contribution in [2.24, 2.45) is 5.16 Å². The van der Waals surface area contributed by atoms with Crippen molar-refractivity contribution in [1.82, 2.24) is 0 Å². The van der Waals surface area contributed by atoms with Crippen LogP contribution in [0.4, 0.5) is 0 Å². The van der Waals surface area contributed by atoms with Gasteiger partial charge in [0, 0.05) is 24.7 Å². The Morgan fingerprint density at radius 3 is 2.79 bits per heavy atom. The Morgan fingerprint density at radius 2 is 2.11 bits per heavy atom. The Kier molecular flexibility index (Phi) is 4.10. The van der Waals surface area contributed by atoms with Crippen molar-refractivity contribution in [2.45, 2.75) is 38.7 Å². The van der Waals surface area contributed by atoms with Crippen LogP contribution in [0.2, 0.25) is 0 Å². The quantitative estimate of drug-likeness (QED) is 0.656. The van der Waals surface area contributed by atoms with Crippen LogP contribution in [-0.2, 0) is 11.2 Å².